The number of nitrogen functional groups attached to an aromatic ring is 1. The first-order valence-corrected chi connectivity index (χ1v) is 9.93. The van der Waals surface area contributed by atoms with Crippen LogP contribution in [0.15, 0.2) is 47.8 Å². The van der Waals surface area contributed by atoms with E-state index >= 15 is 0 Å². The zero-order chi connectivity index (χ0) is 20.1. The second-order valence-corrected chi connectivity index (χ2v) is 7.69. The number of benzene rings is 2. The van der Waals surface area contributed by atoms with Crippen LogP contribution in [0.2, 0.25) is 0 Å². The van der Waals surface area contributed by atoms with Gasteiger partial charge in [-0.15, -0.1) is 11.3 Å². The number of aromatic nitrogens is 1. The fourth-order valence-corrected chi connectivity index (χ4v) is 3.44. The van der Waals surface area contributed by atoms with E-state index in [0.717, 1.165) is 41.3 Å². The maximum atomic E-state index is 12.7. The van der Waals surface area contributed by atoms with Crippen molar-refractivity contribution in [3.63, 3.8) is 0 Å². The SMILES string of the molecule is Cc1ccc(C(=O)Nc2ccc(NCCc3csc(N)n3)cc2)c(N(C)C)c1. The number of rotatable bonds is 7. The largest absolute Gasteiger partial charge is 0.385 e. The molecule has 28 heavy (non-hydrogen) atoms. The Morgan fingerprint density at radius 1 is 1.14 bits per heavy atom. The van der Waals surface area contributed by atoms with Gasteiger partial charge in [-0.05, 0) is 48.9 Å². The third-order valence-corrected chi connectivity index (χ3v) is 5.02. The van der Waals surface area contributed by atoms with Gasteiger partial charge in [-0.2, -0.15) is 0 Å². The summed E-state index contributed by atoms with van der Waals surface area (Å²) in [5.74, 6) is -0.120. The first kappa shape index (κ1) is 19.7. The van der Waals surface area contributed by atoms with Crippen LogP contribution >= 0.6 is 11.3 Å². The molecular weight excluding hydrogens is 370 g/mol. The second-order valence-electron chi connectivity index (χ2n) is 6.80. The van der Waals surface area contributed by atoms with Gasteiger partial charge in [0.05, 0.1) is 11.3 Å². The summed E-state index contributed by atoms with van der Waals surface area (Å²) in [6.45, 7) is 2.79. The van der Waals surface area contributed by atoms with Crippen LogP contribution in [-0.2, 0) is 6.42 Å². The van der Waals surface area contributed by atoms with Crippen molar-refractivity contribution in [3.05, 3.63) is 64.7 Å². The molecule has 0 spiro atoms. The average Bonchev–Trinajstić information content (AvgIpc) is 3.08. The molecule has 0 saturated carbocycles. The Morgan fingerprint density at radius 3 is 2.50 bits per heavy atom. The number of carbonyl (C=O) groups is 1. The predicted octanol–water partition coefficient (Wildman–Crippen LogP) is 4.01. The van der Waals surface area contributed by atoms with Gasteiger partial charge in [0.1, 0.15) is 0 Å². The standard InChI is InChI=1S/C21H25N5OS/c1-14-4-9-18(19(12-14)26(2)3)20(27)24-16-7-5-15(6-8-16)23-11-10-17-13-28-21(22)25-17/h4-9,12-13,23H,10-11H2,1-3H3,(H2,22,25)(H,24,27). The van der Waals surface area contributed by atoms with E-state index in [2.05, 4.69) is 15.6 Å². The van der Waals surface area contributed by atoms with E-state index in [4.69, 9.17) is 5.73 Å². The van der Waals surface area contributed by atoms with Crippen molar-refractivity contribution in [2.45, 2.75) is 13.3 Å². The van der Waals surface area contributed by atoms with Crippen LogP contribution in [0.4, 0.5) is 22.2 Å². The van der Waals surface area contributed by atoms with E-state index in [0.29, 0.717) is 10.7 Å². The Hall–Kier alpha value is -3.06. The van der Waals surface area contributed by atoms with E-state index in [9.17, 15) is 4.79 Å². The molecule has 0 radical (unpaired) electrons. The van der Waals surface area contributed by atoms with Gasteiger partial charge < -0.3 is 21.3 Å². The molecule has 1 aromatic heterocycles. The molecule has 0 bridgehead atoms. The molecule has 0 unspecified atom stereocenters. The van der Waals surface area contributed by atoms with E-state index in [1.807, 2.05) is 73.8 Å². The number of hydrogen-bond acceptors (Lipinski definition) is 6. The van der Waals surface area contributed by atoms with Crippen molar-refractivity contribution < 1.29 is 4.79 Å². The first-order valence-electron chi connectivity index (χ1n) is 9.05. The van der Waals surface area contributed by atoms with Gasteiger partial charge in [-0.1, -0.05) is 6.07 Å². The van der Waals surface area contributed by atoms with Crippen LogP contribution in [-0.4, -0.2) is 31.5 Å². The lowest BCUT2D eigenvalue weighted by Gasteiger charge is -2.18. The number of aryl methyl sites for hydroxylation is 1. The minimum absolute atomic E-state index is 0.120. The molecule has 4 N–H and O–H groups in total. The molecule has 3 aromatic rings. The summed E-state index contributed by atoms with van der Waals surface area (Å²) in [7, 11) is 3.87. The molecule has 3 rings (SSSR count). The van der Waals surface area contributed by atoms with Crippen LogP contribution in [0.25, 0.3) is 0 Å². The molecular formula is C21H25N5OS. The van der Waals surface area contributed by atoms with Crippen LogP contribution in [0.1, 0.15) is 21.6 Å². The number of nitrogens with two attached hydrogens (primary N) is 1. The third kappa shape index (κ3) is 5.01. The Balaban J connectivity index is 1.59. The van der Waals surface area contributed by atoms with Gasteiger partial charge in [0.25, 0.3) is 5.91 Å². The molecule has 1 amide bonds. The van der Waals surface area contributed by atoms with Crippen LogP contribution in [0.5, 0.6) is 0 Å². The maximum absolute atomic E-state index is 12.7. The highest BCUT2D eigenvalue weighted by atomic mass is 32.1. The lowest BCUT2D eigenvalue weighted by Crippen LogP contribution is -2.18. The fourth-order valence-electron chi connectivity index (χ4n) is 2.85. The minimum atomic E-state index is -0.120. The second kappa shape index (κ2) is 8.75. The van der Waals surface area contributed by atoms with Crippen molar-refractivity contribution >= 4 is 39.4 Å². The van der Waals surface area contributed by atoms with E-state index < -0.39 is 0 Å². The maximum Gasteiger partial charge on any atom is 0.257 e. The highest BCUT2D eigenvalue weighted by Gasteiger charge is 2.13. The third-order valence-electron chi connectivity index (χ3n) is 4.30. The van der Waals surface area contributed by atoms with Crippen molar-refractivity contribution in [3.8, 4) is 0 Å². The predicted molar refractivity (Wildman–Crippen MR) is 119 cm³/mol. The van der Waals surface area contributed by atoms with Crippen molar-refractivity contribution in [1.82, 2.24) is 4.98 Å². The van der Waals surface area contributed by atoms with Gasteiger partial charge in [-0.25, -0.2) is 4.98 Å². The molecule has 146 valence electrons. The normalized spacial score (nSPS) is 10.5. The van der Waals surface area contributed by atoms with Gasteiger partial charge >= 0.3 is 0 Å². The first-order chi connectivity index (χ1) is 13.4. The van der Waals surface area contributed by atoms with Crippen molar-refractivity contribution in [2.24, 2.45) is 0 Å². The smallest absolute Gasteiger partial charge is 0.257 e. The molecule has 0 saturated heterocycles. The zero-order valence-corrected chi connectivity index (χ0v) is 17.1. The monoisotopic (exact) mass is 395 g/mol. The molecule has 6 nitrogen and oxygen atoms in total. The van der Waals surface area contributed by atoms with Gasteiger partial charge in [0.2, 0.25) is 0 Å². The minimum Gasteiger partial charge on any atom is -0.385 e. The van der Waals surface area contributed by atoms with Crippen LogP contribution < -0.4 is 21.3 Å². The number of amides is 1. The number of nitrogens with zero attached hydrogens (tertiary/aromatic N) is 2. The Bertz CT molecular complexity index is 950. The van der Waals surface area contributed by atoms with Crippen LogP contribution in [0.3, 0.4) is 0 Å². The summed E-state index contributed by atoms with van der Waals surface area (Å²) < 4.78 is 0. The summed E-state index contributed by atoms with van der Waals surface area (Å²) in [5.41, 5.74) is 11.1. The zero-order valence-electron chi connectivity index (χ0n) is 16.3. The highest BCUT2D eigenvalue weighted by Crippen LogP contribution is 2.22. The quantitative estimate of drug-likeness (QED) is 0.563. The van der Waals surface area contributed by atoms with E-state index in [1.54, 1.807) is 0 Å². The van der Waals surface area contributed by atoms with Crippen molar-refractivity contribution in [2.75, 3.05) is 41.9 Å². The molecule has 7 heteroatoms. The summed E-state index contributed by atoms with van der Waals surface area (Å²) in [4.78, 5) is 18.9. The molecule has 0 atom stereocenters. The fraction of sp³-hybridized carbons (Fsp3) is 0.238. The Morgan fingerprint density at radius 2 is 1.86 bits per heavy atom. The molecule has 2 aromatic carbocycles. The lowest BCUT2D eigenvalue weighted by atomic mass is 10.1. The molecule has 0 aliphatic heterocycles. The molecule has 0 aliphatic rings. The molecule has 0 aliphatic carbocycles. The number of thiazole rings is 1. The van der Waals surface area contributed by atoms with E-state index in [-0.39, 0.29) is 5.91 Å². The number of carbonyl (C=O) groups excluding carboxylic acids is 1. The topological polar surface area (TPSA) is 83.3 Å². The summed E-state index contributed by atoms with van der Waals surface area (Å²) in [6.07, 6.45) is 0.812. The van der Waals surface area contributed by atoms with E-state index in [1.165, 1.54) is 11.3 Å². The lowest BCUT2D eigenvalue weighted by molar-refractivity contribution is 0.102. The Kier molecular flexibility index (Phi) is 6.16. The molecule has 1 heterocycles. The summed E-state index contributed by atoms with van der Waals surface area (Å²) in [6, 6.07) is 13.5. The summed E-state index contributed by atoms with van der Waals surface area (Å²) >= 11 is 1.46. The molecule has 0 fully saturated rings. The Labute approximate surface area is 169 Å². The van der Waals surface area contributed by atoms with Gasteiger partial charge in [0.15, 0.2) is 5.13 Å². The highest BCUT2D eigenvalue weighted by molar-refractivity contribution is 7.13. The number of anilines is 4. The number of nitrogens with one attached hydrogen (secondary N) is 2. The average molecular weight is 396 g/mol. The van der Waals surface area contributed by atoms with Crippen LogP contribution in [0, 0.1) is 6.92 Å². The van der Waals surface area contributed by atoms with Gasteiger partial charge in [-0.3, -0.25) is 4.79 Å². The van der Waals surface area contributed by atoms with Gasteiger partial charge in [0, 0.05) is 49.5 Å². The van der Waals surface area contributed by atoms with Crippen molar-refractivity contribution in [1.29, 1.82) is 0 Å². The number of hydrogen-bond donors (Lipinski definition) is 3. The summed E-state index contributed by atoms with van der Waals surface area (Å²) in [5, 5.41) is 8.89.